The number of rotatable bonds is 11. The molecule has 164 valence electrons. The first-order valence-electron chi connectivity index (χ1n) is 9.86. The van der Waals surface area contributed by atoms with E-state index >= 15 is 0 Å². The van der Waals surface area contributed by atoms with Crippen molar-refractivity contribution in [1.29, 1.82) is 0 Å². The predicted octanol–water partition coefficient (Wildman–Crippen LogP) is 3.49. The number of hydrogen-bond donors (Lipinski definition) is 2. The molecule has 0 fully saturated rings. The minimum Gasteiger partial charge on any atom is -0.490 e. The van der Waals surface area contributed by atoms with Crippen molar-refractivity contribution in [1.82, 2.24) is 5.32 Å². The van der Waals surface area contributed by atoms with Crippen LogP contribution in [0.1, 0.15) is 36.7 Å². The second-order valence-electron chi connectivity index (χ2n) is 6.40. The zero-order valence-electron chi connectivity index (χ0n) is 17.3. The van der Waals surface area contributed by atoms with Crippen molar-refractivity contribution in [2.75, 3.05) is 26.4 Å². The maximum atomic E-state index is 13.7. The van der Waals surface area contributed by atoms with Crippen LogP contribution in [0.4, 0.5) is 8.78 Å². The molecule has 6 nitrogen and oxygen atoms in total. The number of carbonyl (C=O) groups excluding carboxylic acids is 1. The highest BCUT2D eigenvalue weighted by Gasteiger charge is 2.19. The quantitative estimate of drug-likeness (QED) is 0.579. The van der Waals surface area contributed by atoms with E-state index in [9.17, 15) is 18.7 Å². The molecule has 30 heavy (non-hydrogen) atoms. The molecule has 8 heteroatoms. The summed E-state index contributed by atoms with van der Waals surface area (Å²) in [6.45, 7) is 6.49. The van der Waals surface area contributed by atoms with E-state index in [1.165, 1.54) is 6.07 Å². The molecule has 0 bridgehead atoms. The van der Waals surface area contributed by atoms with Crippen molar-refractivity contribution >= 4 is 5.91 Å². The molecule has 2 N–H and O–H groups in total. The summed E-state index contributed by atoms with van der Waals surface area (Å²) < 4.78 is 43.5. The summed E-state index contributed by atoms with van der Waals surface area (Å²) in [5.74, 6) is -0.712. The molecule has 2 aromatic carbocycles. The van der Waals surface area contributed by atoms with Crippen LogP contribution in [0.3, 0.4) is 0 Å². The van der Waals surface area contributed by atoms with Crippen molar-refractivity contribution < 1.29 is 32.9 Å². The molecule has 0 aromatic heterocycles. The molecule has 2 rings (SSSR count). The number of amides is 1. The molecule has 0 radical (unpaired) electrons. The average Bonchev–Trinajstić information content (AvgIpc) is 2.71. The smallest absolute Gasteiger partial charge is 0.251 e. The summed E-state index contributed by atoms with van der Waals surface area (Å²) in [7, 11) is 0. The first-order valence-corrected chi connectivity index (χ1v) is 9.86. The normalized spacial score (nSPS) is 11.7. The molecule has 1 atom stereocenters. The maximum Gasteiger partial charge on any atom is 0.251 e. The van der Waals surface area contributed by atoms with E-state index in [4.69, 9.17) is 14.2 Å². The Hall–Kier alpha value is -2.87. The van der Waals surface area contributed by atoms with Gasteiger partial charge in [0.05, 0.1) is 25.9 Å². The molecule has 0 saturated carbocycles. The minimum atomic E-state index is -1.05. The summed E-state index contributed by atoms with van der Waals surface area (Å²) in [5, 5.41) is 12.7. The van der Waals surface area contributed by atoms with Crippen LogP contribution in [-0.2, 0) is 6.42 Å². The summed E-state index contributed by atoms with van der Waals surface area (Å²) >= 11 is 0. The van der Waals surface area contributed by atoms with Crippen LogP contribution in [0.15, 0.2) is 30.3 Å². The van der Waals surface area contributed by atoms with Gasteiger partial charge in [-0.1, -0.05) is 6.07 Å². The van der Waals surface area contributed by atoms with E-state index in [-0.39, 0.29) is 24.1 Å². The lowest BCUT2D eigenvalue weighted by Crippen LogP contribution is -2.33. The molecule has 0 aliphatic carbocycles. The van der Waals surface area contributed by atoms with Gasteiger partial charge in [-0.3, -0.25) is 4.79 Å². The highest BCUT2D eigenvalue weighted by Crippen LogP contribution is 2.39. The molecule has 1 amide bonds. The Labute approximate surface area is 174 Å². The molecule has 0 heterocycles. The predicted molar refractivity (Wildman–Crippen MR) is 108 cm³/mol. The van der Waals surface area contributed by atoms with Crippen molar-refractivity contribution in [3.05, 3.63) is 53.1 Å². The molecule has 0 unspecified atom stereocenters. The molecular weight excluding hydrogens is 396 g/mol. The van der Waals surface area contributed by atoms with Crippen molar-refractivity contribution in [2.45, 2.75) is 33.3 Å². The molecule has 2 aromatic rings. The number of halogens is 2. The fourth-order valence-electron chi connectivity index (χ4n) is 2.85. The van der Waals surface area contributed by atoms with Crippen LogP contribution < -0.4 is 19.5 Å². The van der Waals surface area contributed by atoms with Gasteiger partial charge in [0, 0.05) is 24.6 Å². The topological polar surface area (TPSA) is 77.0 Å². The highest BCUT2D eigenvalue weighted by molar-refractivity contribution is 5.95. The van der Waals surface area contributed by atoms with Crippen LogP contribution in [0.5, 0.6) is 17.2 Å². The fourth-order valence-corrected chi connectivity index (χ4v) is 2.85. The Morgan fingerprint density at radius 3 is 2.13 bits per heavy atom. The molecule has 0 aliphatic heterocycles. The number of aliphatic hydroxyl groups is 1. The second kappa shape index (κ2) is 11.3. The van der Waals surface area contributed by atoms with Gasteiger partial charge >= 0.3 is 0 Å². The summed E-state index contributed by atoms with van der Waals surface area (Å²) in [5.41, 5.74) is 0.432. The summed E-state index contributed by atoms with van der Waals surface area (Å²) in [6.07, 6.45) is -1.11. The average molecular weight is 423 g/mol. The van der Waals surface area contributed by atoms with E-state index in [0.29, 0.717) is 37.1 Å². The summed E-state index contributed by atoms with van der Waals surface area (Å²) in [6, 6.07) is 6.22. The fraction of sp³-hybridized carbons (Fsp3) is 0.409. The van der Waals surface area contributed by atoms with Gasteiger partial charge in [-0.05, 0) is 44.5 Å². The van der Waals surface area contributed by atoms with Gasteiger partial charge in [-0.15, -0.1) is 0 Å². The van der Waals surface area contributed by atoms with Gasteiger partial charge in [-0.25, -0.2) is 8.78 Å². The summed E-state index contributed by atoms with van der Waals surface area (Å²) in [4.78, 5) is 12.6. The van der Waals surface area contributed by atoms with Crippen LogP contribution in [0.25, 0.3) is 0 Å². The van der Waals surface area contributed by atoms with Crippen LogP contribution in [0.2, 0.25) is 0 Å². The third-order valence-corrected chi connectivity index (χ3v) is 4.14. The number of aliphatic hydroxyl groups excluding tert-OH is 1. The van der Waals surface area contributed by atoms with E-state index in [1.54, 1.807) is 12.1 Å². The molecule has 0 spiro atoms. The maximum absolute atomic E-state index is 13.7. The van der Waals surface area contributed by atoms with Crippen LogP contribution in [-0.4, -0.2) is 43.5 Å². The monoisotopic (exact) mass is 423 g/mol. The van der Waals surface area contributed by atoms with Crippen LogP contribution >= 0.6 is 0 Å². The largest absolute Gasteiger partial charge is 0.490 e. The van der Waals surface area contributed by atoms with Crippen LogP contribution in [0, 0.1) is 11.6 Å². The van der Waals surface area contributed by atoms with Gasteiger partial charge in [-0.2, -0.15) is 0 Å². The van der Waals surface area contributed by atoms with Crippen molar-refractivity contribution in [3.8, 4) is 17.2 Å². The van der Waals surface area contributed by atoms with E-state index < -0.39 is 23.6 Å². The standard InChI is InChI=1S/C22H27F2NO5/c1-4-28-19-10-15(11-20(29-5-2)21(19)30-6-3)22(27)25-13-17(26)9-14-7-8-16(23)12-18(14)24/h7-8,10-12,17,26H,4-6,9,13H2,1-3H3,(H,25,27)/t17-/m1/s1. The number of ether oxygens (including phenoxy) is 3. The second-order valence-corrected chi connectivity index (χ2v) is 6.40. The third-order valence-electron chi connectivity index (χ3n) is 4.14. The van der Waals surface area contributed by atoms with E-state index in [0.717, 1.165) is 12.1 Å². The van der Waals surface area contributed by atoms with E-state index in [2.05, 4.69) is 5.32 Å². The van der Waals surface area contributed by atoms with Crippen molar-refractivity contribution in [3.63, 3.8) is 0 Å². The zero-order valence-corrected chi connectivity index (χ0v) is 17.3. The minimum absolute atomic E-state index is 0.0654. The Morgan fingerprint density at radius 1 is 1.00 bits per heavy atom. The van der Waals surface area contributed by atoms with Gasteiger partial charge in [0.25, 0.3) is 5.91 Å². The Balaban J connectivity index is 2.11. The SMILES string of the molecule is CCOc1cc(C(=O)NC[C@H](O)Cc2ccc(F)cc2F)cc(OCC)c1OCC. The van der Waals surface area contributed by atoms with E-state index in [1.807, 2.05) is 20.8 Å². The lowest BCUT2D eigenvalue weighted by atomic mass is 10.1. The Morgan fingerprint density at radius 2 is 1.60 bits per heavy atom. The molecule has 0 aliphatic rings. The third kappa shape index (κ3) is 6.32. The molecular formula is C22H27F2NO5. The number of carbonyl (C=O) groups is 1. The highest BCUT2D eigenvalue weighted by atomic mass is 19.1. The van der Waals surface area contributed by atoms with Gasteiger partial charge in [0.2, 0.25) is 5.75 Å². The number of hydrogen-bond acceptors (Lipinski definition) is 5. The van der Waals surface area contributed by atoms with Gasteiger partial charge < -0.3 is 24.6 Å². The zero-order chi connectivity index (χ0) is 22.1. The van der Waals surface area contributed by atoms with Gasteiger partial charge in [0.1, 0.15) is 11.6 Å². The molecule has 0 saturated heterocycles. The lowest BCUT2D eigenvalue weighted by molar-refractivity contribution is 0.0914. The lowest BCUT2D eigenvalue weighted by Gasteiger charge is -2.17. The first-order chi connectivity index (χ1) is 14.4. The number of nitrogens with one attached hydrogen (secondary N) is 1. The van der Waals surface area contributed by atoms with Crippen molar-refractivity contribution in [2.24, 2.45) is 0 Å². The number of benzene rings is 2. The first kappa shape index (κ1) is 23.4. The Bertz CT molecular complexity index is 832. The Kier molecular flexibility index (Phi) is 8.86. The van der Waals surface area contributed by atoms with Gasteiger partial charge in [0.15, 0.2) is 11.5 Å².